The minimum atomic E-state index is -0.000304. The number of nitrogens with zero attached hydrogens (tertiary/aromatic N) is 1. The zero-order chi connectivity index (χ0) is 13.7. The van der Waals surface area contributed by atoms with Crippen LogP contribution >= 0.6 is 22.6 Å². The van der Waals surface area contributed by atoms with Crippen LogP contribution in [0.3, 0.4) is 0 Å². The van der Waals surface area contributed by atoms with Gasteiger partial charge in [-0.2, -0.15) is 0 Å². The molecule has 0 spiro atoms. The van der Waals surface area contributed by atoms with Crippen LogP contribution in [-0.2, 0) is 9.53 Å². The second kappa shape index (κ2) is 7.18. The van der Waals surface area contributed by atoms with Crippen LogP contribution in [0.4, 0.5) is 5.69 Å². The highest BCUT2D eigenvalue weighted by Gasteiger charge is 2.20. The summed E-state index contributed by atoms with van der Waals surface area (Å²) in [5.74, 6) is -0.000304. The maximum absolute atomic E-state index is 12.0. The van der Waals surface area contributed by atoms with Crippen LogP contribution in [0.2, 0.25) is 0 Å². The van der Waals surface area contributed by atoms with E-state index in [-0.39, 0.29) is 12.0 Å². The fourth-order valence-corrected chi connectivity index (χ4v) is 2.58. The molecule has 1 amide bonds. The number of amides is 1. The van der Waals surface area contributed by atoms with Crippen molar-refractivity contribution in [3.63, 3.8) is 0 Å². The molecule has 1 aromatic carbocycles. The second-order valence-electron chi connectivity index (χ2n) is 4.52. The Bertz CT molecular complexity index is 442. The molecule has 1 saturated heterocycles. The number of anilines is 1. The lowest BCUT2D eigenvalue weighted by Crippen LogP contribution is -2.48. The first-order valence-electron chi connectivity index (χ1n) is 6.27. The van der Waals surface area contributed by atoms with Crippen LogP contribution in [0.15, 0.2) is 24.3 Å². The van der Waals surface area contributed by atoms with Gasteiger partial charge < -0.3 is 15.8 Å². The van der Waals surface area contributed by atoms with Gasteiger partial charge in [0.2, 0.25) is 5.91 Å². The van der Waals surface area contributed by atoms with Crippen molar-refractivity contribution in [3.05, 3.63) is 27.8 Å². The number of carbonyl (C=O) groups excluding carboxylic acids is 1. The Morgan fingerprint density at radius 3 is 3.16 bits per heavy atom. The molecule has 1 aromatic rings. The molecule has 0 bridgehead atoms. The minimum absolute atomic E-state index is 0.000304. The fraction of sp³-hybridized carbons (Fsp3) is 0.462. The third-order valence-electron chi connectivity index (χ3n) is 2.96. The normalized spacial score (nSPS) is 20.2. The summed E-state index contributed by atoms with van der Waals surface area (Å²) in [4.78, 5) is 14.0. The molecule has 1 heterocycles. The van der Waals surface area contributed by atoms with E-state index < -0.39 is 0 Å². The predicted octanol–water partition coefficient (Wildman–Crippen LogP) is 0.889. The predicted molar refractivity (Wildman–Crippen MR) is 83.0 cm³/mol. The highest BCUT2D eigenvalue weighted by atomic mass is 127. The number of rotatable bonds is 4. The molecule has 1 aliphatic heterocycles. The van der Waals surface area contributed by atoms with Gasteiger partial charge in [0.15, 0.2) is 0 Å². The third-order valence-corrected chi connectivity index (χ3v) is 3.63. The third kappa shape index (κ3) is 4.72. The average Bonchev–Trinajstić information content (AvgIpc) is 2.38. The minimum Gasteiger partial charge on any atom is -0.374 e. The standard InChI is InChI=1S/C13H18IN3O2/c14-10-2-1-3-11(6-10)16-13(18)9-17-4-5-19-12(7-15)8-17/h1-3,6,12H,4-5,7-9,15H2,(H,16,18). The molecule has 5 nitrogen and oxygen atoms in total. The average molecular weight is 375 g/mol. The number of halogens is 1. The topological polar surface area (TPSA) is 67.6 Å². The summed E-state index contributed by atoms with van der Waals surface area (Å²) in [6, 6.07) is 7.75. The van der Waals surface area contributed by atoms with E-state index in [1.165, 1.54) is 0 Å². The fourth-order valence-electron chi connectivity index (χ4n) is 2.04. The highest BCUT2D eigenvalue weighted by Crippen LogP contribution is 2.12. The summed E-state index contributed by atoms with van der Waals surface area (Å²) in [5.41, 5.74) is 6.42. The van der Waals surface area contributed by atoms with E-state index in [0.29, 0.717) is 19.7 Å². The quantitative estimate of drug-likeness (QED) is 0.768. The molecule has 0 radical (unpaired) electrons. The number of nitrogens with one attached hydrogen (secondary N) is 1. The Kier molecular flexibility index (Phi) is 5.56. The molecule has 0 saturated carbocycles. The van der Waals surface area contributed by atoms with Gasteiger partial charge in [0, 0.05) is 28.9 Å². The van der Waals surface area contributed by atoms with Crippen molar-refractivity contribution in [1.82, 2.24) is 4.90 Å². The molecular weight excluding hydrogens is 357 g/mol. The van der Waals surface area contributed by atoms with E-state index in [1.807, 2.05) is 24.3 Å². The smallest absolute Gasteiger partial charge is 0.238 e. The van der Waals surface area contributed by atoms with Crippen molar-refractivity contribution in [2.24, 2.45) is 5.73 Å². The first-order chi connectivity index (χ1) is 9.17. The molecule has 0 aromatic heterocycles. The molecule has 1 fully saturated rings. The molecule has 2 rings (SSSR count). The van der Waals surface area contributed by atoms with Crippen molar-refractivity contribution in [2.75, 3.05) is 38.1 Å². The van der Waals surface area contributed by atoms with Gasteiger partial charge in [0.05, 0.1) is 19.3 Å². The van der Waals surface area contributed by atoms with Crippen molar-refractivity contribution in [3.8, 4) is 0 Å². The van der Waals surface area contributed by atoms with Crippen LogP contribution in [-0.4, -0.2) is 49.7 Å². The molecular formula is C13H18IN3O2. The van der Waals surface area contributed by atoms with Gasteiger partial charge >= 0.3 is 0 Å². The lowest BCUT2D eigenvalue weighted by Gasteiger charge is -2.31. The Morgan fingerprint density at radius 2 is 2.42 bits per heavy atom. The molecule has 3 N–H and O–H groups in total. The molecule has 0 aliphatic carbocycles. The first kappa shape index (κ1) is 14.7. The largest absolute Gasteiger partial charge is 0.374 e. The first-order valence-corrected chi connectivity index (χ1v) is 7.34. The van der Waals surface area contributed by atoms with Crippen LogP contribution in [0.1, 0.15) is 0 Å². The van der Waals surface area contributed by atoms with Crippen LogP contribution in [0, 0.1) is 3.57 Å². The number of hydrogen-bond acceptors (Lipinski definition) is 4. The number of carbonyl (C=O) groups is 1. The van der Waals surface area contributed by atoms with Crippen LogP contribution in [0.5, 0.6) is 0 Å². The molecule has 6 heteroatoms. The van der Waals surface area contributed by atoms with Gasteiger partial charge in [-0.3, -0.25) is 9.69 Å². The number of nitrogens with two attached hydrogens (primary N) is 1. The zero-order valence-electron chi connectivity index (χ0n) is 10.6. The van der Waals surface area contributed by atoms with Crippen molar-refractivity contribution in [2.45, 2.75) is 6.10 Å². The van der Waals surface area contributed by atoms with E-state index in [0.717, 1.165) is 22.3 Å². The van der Waals surface area contributed by atoms with E-state index in [1.54, 1.807) is 0 Å². The highest BCUT2D eigenvalue weighted by molar-refractivity contribution is 14.1. The van der Waals surface area contributed by atoms with Gasteiger partial charge in [-0.05, 0) is 40.8 Å². The number of morpholine rings is 1. The summed E-state index contributed by atoms with van der Waals surface area (Å²) in [6.45, 7) is 3.01. The number of ether oxygens (including phenoxy) is 1. The molecule has 1 atom stereocenters. The maximum atomic E-state index is 12.0. The van der Waals surface area contributed by atoms with E-state index in [9.17, 15) is 4.79 Å². The van der Waals surface area contributed by atoms with E-state index in [4.69, 9.17) is 10.5 Å². The summed E-state index contributed by atoms with van der Waals surface area (Å²) >= 11 is 2.22. The summed E-state index contributed by atoms with van der Waals surface area (Å²) in [5, 5.41) is 2.91. The molecule has 1 aliphatic rings. The lowest BCUT2D eigenvalue weighted by atomic mass is 10.2. The molecule has 104 valence electrons. The van der Waals surface area contributed by atoms with E-state index in [2.05, 4.69) is 32.8 Å². The van der Waals surface area contributed by atoms with Gasteiger partial charge in [0.25, 0.3) is 0 Å². The molecule has 1 unspecified atom stereocenters. The van der Waals surface area contributed by atoms with Crippen LogP contribution in [0.25, 0.3) is 0 Å². The van der Waals surface area contributed by atoms with Gasteiger partial charge in [-0.15, -0.1) is 0 Å². The van der Waals surface area contributed by atoms with Gasteiger partial charge in [-0.1, -0.05) is 6.07 Å². The SMILES string of the molecule is NCC1CN(CC(=O)Nc2cccc(I)c2)CCO1. The van der Waals surface area contributed by atoms with Crippen molar-refractivity contribution in [1.29, 1.82) is 0 Å². The molecule has 19 heavy (non-hydrogen) atoms. The lowest BCUT2D eigenvalue weighted by molar-refractivity contribution is -0.119. The Labute approximate surface area is 126 Å². The van der Waals surface area contributed by atoms with Gasteiger partial charge in [0.1, 0.15) is 0 Å². The van der Waals surface area contributed by atoms with E-state index >= 15 is 0 Å². The maximum Gasteiger partial charge on any atom is 0.238 e. The Hall–Kier alpha value is -0.700. The van der Waals surface area contributed by atoms with Crippen LogP contribution < -0.4 is 11.1 Å². The summed E-state index contributed by atoms with van der Waals surface area (Å²) in [6.07, 6.45) is 0.0409. The number of benzene rings is 1. The summed E-state index contributed by atoms with van der Waals surface area (Å²) < 4.78 is 6.58. The monoisotopic (exact) mass is 375 g/mol. The summed E-state index contributed by atoms with van der Waals surface area (Å²) in [7, 11) is 0. The second-order valence-corrected chi connectivity index (χ2v) is 5.77. The van der Waals surface area contributed by atoms with Crippen molar-refractivity contribution >= 4 is 34.2 Å². The zero-order valence-corrected chi connectivity index (χ0v) is 12.8. The number of hydrogen-bond donors (Lipinski definition) is 2. The van der Waals surface area contributed by atoms with Gasteiger partial charge in [-0.25, -0.2) is 0 Å². The Balaban J connectivity index is 1.84. The Morgan fingerprint density at radius 1 is 1.58 bits per heavy atom. The van der Waals surface area contributed by atoms with Crippen molar-refractivity contribution < 1.29 is 9.53 Å².